The summed E-state index contributed by atoms with van der Waals surface area (Å²) < 4.78 is 31.5. The highest BCUT2D eigenvalue weighted by atomic mass is 19.1. The lowest BCUT2D eigenvalue weighted by Gasteiger charge is -2.15. The Bertz CT molecular complexity index is 362. The molecule has 1 aromatic rings. The highest BCUT2D eigenvalue weighted by Crippen LogP contribution is 2.33. The van der Waals surface area contributed by atoms with Gasteiger partial charge in [0.1, 0.15) is 17.4 Å². The molecule has 2 rings (SSSR count). The van der Waals surface area contributed by atoms with Gasteiger partial charge in [-0.15, -0.1) is 0 Å². The van der Waals surface area contributed by atoms with Crippen LogP contribution in [0.1, 0.15) is 24.4 Å². The van der Waals surface area contributed by atoms with Crippen molar-refractivity contribution < 1.29 is 13.5 Å². The molecule has 0 radical (unpaired) electrons. The lowest BCUT2D eigenvalue weighted by atomic mass is 10.0. The van der Waals surface area contributed by atoms with Gasteiger partial charge < -0.3 is 10.1 Å². The third-order valence-electron chi connectivity index (χ3n) is 2.69. The zero-order valence-corrected chi connectivity index (χ0v) is 8.52. The van der Waals surface area contributed by atoms with Crippen molar-refractivity contribution in [2.24, 2.45) is 0 Å². The molecule has 0 aliphatic carbocycles. The highest BCUT2D eigenvalue weighted by Gasteiger charge is 2.24. The fraction of sp³-hybridized carbons (Fsp3) is 0.455. The molecule has 1 aromatic carbocycles. The van der Waals surface area contributed by atoms with Gasteiger partial charge in [0.2, 0.25) is 0 Å². The molecule has 1 saturated heterocycles. The number of hydrogen-bond donors (Lipinski definition) is 1. The smallest absolute Gasteiger partial charge is 0.134 e. The predicted molar refractivity (Wildman–Crippen MR) is 52.9 cm³/mol. The second kappa shape index (κ2) is 4.14. The summed E-state index contributed by atoms with van der Waals surface area (Å²) in [5.41, 5.74) is 0.441. The molecule has 1 N–H and O–H groups in total. The van der Waals surface area contributed by atoms with Gasteiger partial charge in [-0.2, -0.15) is 0 Å². The Kier molecular flexibility index (Phi) is 2.86. The zero-order chi connectivity index (χ0) is 10.8. The summed E-state index contributed by atoms with van der Waals surface area (Å²) in [5.74, 6) is -0.857. The maximum absolute atomic E-state index is 13.6. The van der Waals surface area contributed by atoms with E-state index in [1.54, 1.807) is 0 Å². The van der Waals surface area contributed by atoms with Crippen LogP contribution in [0.3, 0.4) is 0 Å². The van der Waals surface area contributed by atoms with Gasteiger partial charge in [0.05, 0.1) is 7.11 Å². The molecule has 0 bridgehead atoms. The van der Waals surface area contributed by atoms with Crippen molar-refractivity contribution in [1.29, 1.82) is 0 Å². The van der Waals surface area contributed by atoms with Crippen LogP contribution in [0.4, 0.5) is 8.78 Å². The van der Waals surface area contributed by atoms with Crippen LogP contribution in [0, 0.1) is 11.6 Å². The van der Waals surface area contributed by atoms with Crippen molar-refractivity contribution in [3.8, 4) is 5.75 Å². The molecule has 1 heterocycles. The van der Waals surface area contributed by atoms with Crippen molar-refractivity contribution in [3.05, 3.63) is 29.3 Å². The monoisotopic (exact) mass is 213 g/mol. The number of rotatable bonds is 2. The van der Waals surface area contributed by atoms with Crippen molar-refractivity contribution in [2.45, 2.75) is 18.9 Å². The zero-order valence-electron chi connectivity index (χ0n) is 8.52. The molecule has 15 heavy (non-hydrogen) atoms. The van der Waals surface area contributed by atoms with Crippen molar-refractivity contribution in [1.82, 2.24) is 5.32 Å². The standard InChI is InChI=1S/C11H13F2NO/c1-15-10-6-7(12)5-8(13)11(10)9-3-2-4-14-9/h5-6,9,14H,2-4H2,1H3. The second-order valence-corrected chi connectivity index (χ2v) is 3.65. The van der Waals surface area contributed by atoms with Gasteiger partial charge in [-0.1, -0.05) is 0 Å². The largest absolute Gasteiger partial charge is 0.496 e. The summed E-state index contributed by atoms with van der Waals surface area (Å²) in [6.45, 7) is 0.866. The average Bonchev–Trinajstić information content (AvgIpc) is 2.69. The number of methoxy groups -OCH3 is 1. The van der Waals surface area contributed by atoms with Gasteiger partial charge in [0.15, 0.2) is 0 Å². The molecular weight excluding hydrogens is 200 g/mol. The van der Waals surface area contributed by atoms with Crippen molar-refractivity contribution in [3.63, 3.8) is 0 Å². The molecule has 82 valence electrons. The Morgan fingerprint density at radius 3 is 2.80 bits per heavy atom. The summed E-state index contributed by atoms with van der Waals surface area (Å²) in [4.78, 5) is 0. The Hall–Kier alpha value is -1.16. The molecule has 2 nitrogen and oxygen atoms in total. The van der Waals surface area contributed by atoms with Gasteiger partial charge in [0, 0.05) is 23.7 Å². The molecule has 1 aliphatic heterocycles. The Morgan fingerprint density at radius 2 is 2.20 bits per heavy atom. The molecule has 1 fully saturated rings. The van der Waals surface area contributed by atoms with Crippen molar-refractivity contribution in [2.75, 3.05) is 13.7 Å². The first-order valence-electron chi connectivity index (χ1n) is 4.98. The van der Waals surface area contributed by atoms with E-state index in [9.17, 15) is 8.78 Å². The number of hydrogen-bond acceptors (Lipinski definition) is 2. The van der Waals surface area contributed by atoms with E-state index < -0.39 is 11.6 Å². The molecule has 1 aliphatic rings. The lowest BCUT2D eigenvalue weighted by molar-refractivity contribution is 0.391. The first kappa shape index (κ1) is 10.4. The predicted octanol–water partition coefficient (Wildman–Crippen LogP) is 2.40. The van der Waals surface area contributed by atoms with Gasteiger partial charge in [-0.25, -0.2) is 8.78 Å². The van der Waals surface area contributed by atoms with Crippen LogP contribution in [-0.2, 0) is 0 Å². The number of benzene rings is 1. The SMILES string of the molecule is COc1cc(F)cc(F)c1C1CCCN1. The van der Waals surface area contributed by atoms with Gasteiger partial charge in [0.25, 0.3) is 0 Å². The quantitative estimate of drug-likeness (QED) is 0.814. The minimum absolute atomic E-state index is 0.0550. The fourth-order valence-electron chi connectivity index (χ4n) is 2.00. The number of ether oxygens (including phenoxy) is 1. The van der Waals surface area contributed by atoms with E-state index in [4.69, 9.17) is 4.74 Å². The minimum atomic E-state index is -0.605. The topological polar surface area (TPSA) is 21.3 Å². The molecular formula is C11H13F2NO. The first-order chi connectivity index (χ1) is 7.22. The highest BCUT2D eigenvalue weighted by molar-refractivity contribution is 5.38. The minimum Gasteiger partial charge on any atom is -0.496 e. The van der Waals surface area contributed by atoms with E-state index in [0.29, 0.717) is 5.56 Å². The third-order valence-corrected chi connectivity index (χ3v) is 2.69. The molecule has 0 saturated carbocycles. The summed E-state index contributed by atoms with van der Waals surface area (Å²) in [5, 5.41) is 3.17. The number of halogens is 2. The summed E-state index contributed by atoms with van der Waals surface area (Å²) in [6.07, 6.45) is 1.86. The average molecular weight is 213 g/mol. The second-order valence-electron chi connectivity index (χ2n) is 3.65. The maximum atomic E-state index is 13.6. The molecule has 0 spiro atoms. The Morgan fingerprint density at radius 1 is 1.40 bits per heavy atom. The van der Waals surface area contributed by atoms with Crippen LogP contribution in [0.2, 0.25) is 0 Å². The fourth-order valence-corrected chi connectivity index (χ4v) is 2.00. The van der Waals surface area contributed by atoms with Crippen LogP contribution >= 0.6 is 0 Å². The van der Waals surface area contributed by atoms with E-state index in [1.165, 1.54) is 13.2 Å². The Balaban J connectivity index is 2.43. The Labute approximate surface area is 87.2 Å². The molecule has 0 amide bonds. The molecule has 1 atom stereocenters. The van der Waals surface area contributed by atoms with E-state index in [1.807, 2.05) is 0 Å². The maximum Gasteiger partial charge on any atom is 0.134 e. The van der Waals surface area contributed by atoms with Crippen LogP contribution in [0.25, 0.3) is 0 Å². The van der Waals surface area contributed by atoms with Crippen LogP contribution in [-0.4, -0.2) is 13.7 Å². The molecule has 0 aromatic heterocycles. The van der Waals surface area contributed by atoms with Gasteiger partial charge in [-0.3, -0.25) is 0 Å². The molecule has 4 heteroatoms. The first-order valence-corrected chi connectivity index (χ1v) is 4.98. The third kappa shape index (κ3) is 1.95. The lowest BCUT2D eigenvalue weighted by Crippen LogP contribution is -2.15. The van der Waals surface area contributed by atoms with Crippen LogP contribution in [0.15, 0.2) is 12.1 Å². The van der Waals surface area contributed by atoms with Crippen molar-refractivity contribution >= 4 is 0 Å². The van der Waals surface area contributed by atoms with Crippen LogP contribution < -0.4 is 10.1 Å². The number of nitrogens with one attached hydrogen (secondary N) is 1. The van der Waals surface area contributed by atoms with E-state index in [-0.39, 0.29) is 11.8 Å². The summed E-state index contributed by atoms with van der Waals surface area (Å²) in [6, 6.07) is 2.07. The molecule has 1 unspecified atom stereocenters. The van der Waals surface area contributed by atoms with E-state index in [2.05, 4.69) is 5.32 Å². The summed E-state index contributed by atoms with van der Waals surface area (Å²) in [7, 11) is 1.42. The van der Waals surface area contributed by atoms with Crippen LogP contribution in [0.5, 0.6) is 5.75 Å². The summed E-state index contributed by atoms with van der Waals surface area (Å²) >= 11 is 0. The van der Waals surface area contributed by atoms with Gasteiger partial charge in [-0.05, 0) is 19.4 Å². The van der Waals surface area contributed by atoms with E-state index >= 15 is 0 Å². The van der Waals surface area contributed by atoms with E-state index in [0.717, 1.165) is 25.5 Å². The van der Waals surface area contributed by atoms with Gasteiger partial charge >= 0.3 is 0 Å². The normalized spacial score (nSPS) is 20.6.